The highest BCUT2D eigenvalue weighted by atomic mass is 79.9. The second-order valence-electron chi connectivity index (χ2n) is 4.45. The van der Waals surface area contributed by atoms with Crippen molar-refractivity contribution in [2.75, 3.05) is 0 Å². The van der Waals surface area contributed by atoms with Crippen LogP contribution in [-0.4, -0.2) is 9.55 Å². The Balaban J connectivity index is 2.70. The Kier molecular flexibility index (Phi) is 3.22. The maximum atomic E-state index is 5.38. The minimum absolute atomic E-state index is 0.405. The zero-order chi connectivity index (χ0) is 11.9. The van der Waals surface area contributed by atoms with E-state index in [0.717, 1.165) is 14.8 Å². The molecule has 0 saturated heterocycles. The number of imidazole rings is 1. The highest BCUT2D eigenvalue weighted by Crippen LogP contribution is 2.25. The SMILES string of the molecule is CC(C)C(C)n1c(=S)[nH]c2cc(Br)ccc21. The van der Waals surface area contributed by atoms with Crippen molar-refractivity contribution in [1.29, 1.82) is 0 Å². The van der Waals surface area contributed by atoms with Crippen LogP contribution in [0.2, 0.25) is 0 Å². The fourth-order valence-corrected chi connectivity index (χ4v) is 2.54. The highest BCUT2D eigenvalue weighted by Gasteiger charge is 2.14. The lowest BCUT2D eigenvalue weighted by Crippen LogP contribution is -2.11. The van der Waals surface area contributed by atoms with Crippen molar-refractivity contribution in [3.05, 3.63) is 27.4 Å². The van der Waals surface area contributed by atoms with E-state index in [-0.39, 0.29) is 0 Å². The number of hydrogen-bond acceptors (Lipinski definition) is 1. The first-order chi connectivity index (χ1) is 7.50. The number of nitrogens with zero attached hydrogens (tertiary/aromatic N) is 1. The van der Waals surface area contributed by atoms with Crippen LogP contribution < -0.4 is 0 Å². The molecule has 0 aliphatic rings. The minimum atomic E-state index is 0.405. The van der Waals surface area contributed by atoms with Crippen molar-refractivity contribution in [3.63, 3.8) is 0 Å². The molecule has 1 unspecified atom stereocenters. The van der Waals surface area contributed by atoms with Crippen LogP contribution in [0.5, 0.6) is 0 Å². The zero-order valence-electron chi connectivity index (χ0n) is 9.62. The molecule has 0 fully saturated rings. The van der Waals surface area contributed by atoms with Gasteiger partial charge in [0.15, 0.2) is 4.77 Å². The van der Waals surface area contributed by atoms with Crippen molar-refractivity contribution >= 4 is 39.2 Å². The number of H-pyrrole nitrogens is 1. The van der Waals surface area contributed by atoms with Crippen LogP contribution in [0.25, 0.3) is 11.0 Å². The number of hydrogen-bond donors (Lipinski definition) is 1. The molecule has 0 saturated carbocycles. The highest BCUT2D eigenvalue weighted by molar-refractivity contribution is 9.10. The molecule has 2 rings (SSSR count). The van der Waals surface area contributed by atoms with Gasteiger partial charge in [-0.1, -0.05) is 29.8 Å². The van der Waals surface area contributed by atoms with E-state index in [1.807, 2.05) is 0 Å². The van der Waals surface area contributed by atoms with Gasteiger partial charge >= 0.3 is 0 Å². The van der Waals surface area contributed by atoms with Gasteiger partial charge < -0.3 is 9.55 Å². The number of rotatable bonds is 2. The second kappa shape index (κ2) is 4.34. The van der Waals surface area contributed by atoms with E-state index in [1.54, 1.807) is 0 Å². The standard InChI is InChI=1S/C12H15BrN2S/c1-7(2)8(3)15-11-5-4-9(13)6-10(11)14-12(15)16/h4-8H,1-3H3,(H,14,16). The van der Waals surface area contributed by atoms with Gasteiger partial charge in [0.25, 0.3) is 0 Å². The van der Waals surface area contributed by atoms with E-state index in [2.05, 4.69) is 64.5 Å². The largest absolute Gasteiger partial charge is 0.331 e. The van der Waals surface area contributed by atoms with Gasteiger partial charge in [-0.15, -0.1) is 0 Å². The molecule has 2 nitrogen and oxygen atoms in total. The molecule has 1 aromatic heterocycles. The fourth-order valence-electron chi connectivity index (χ4n) is 1.81. The van der Waals surface area contributed by atoms with Gasteiger partial charge in [0.2, 0.25) is 0 Å². The summed E-state index contributed by atoms with van der Waals surface area (Å²) in [5.74, 6) is 0.564. The average molecular weight is 299 g/mol. The van der Waals surface area contributed by atoms with E-state index in [0.29, 0.717) is 12.0 Å². The second-order valence-corrected chi connectivity index (χ2v) is 5.75. The predicted molar refractivity (Wildman–Crippen MR) is 74.4 cm³/mol. The first kappa shape index (κ1) is 11.9. The third-order valence-corrected chi connectivity index (χ3v) is 3.84. The molecule has 16 heavy (non-hydrogen) atoms. The van der Waals surface area contributed by atoms with Crippen LogP contribution in [0.15, 0.2) is 22.7 Å². The number of aromatic nitrogens is 2. The lowest BCUT2D eigenvalue weighted by molar-refractivity contribution is 0.413. The summed E-state index contributed by atoms with van der Waals surface area (Å²) in [5, 5.41) is 0. The quantitative estimate of drug-likeness (QED) is 0.799. The smallest absolute Gasteiger partial charge is 0.178 e. The van der Waals surface area contributed by atoms with E-state index in [1.165, 1.54) is 5.52 Å². The lowest BCUT2D eigenvalue weighted by atomic mass is 10.1. The third kappa shape index (κ3) is 1.96. The molecule has 0 spiro atoms. The molecule has 86 valence electrons. The number of halogens is 1. The molecule has 0 aliphatic heterocycles. The van der Waals surface area contributed by atoms with Gasteiger partial charge in [0.1, 0.15) is 0 Å². The van der Waals surface area contributed by atoms with Crippen molar-refractivity contribution < 1.29 is 0 Å². The predicted octanol–water partition coefficient (Wildman–Crippen LogP) is 4.68. The fraction of sp³-hybridized carbons (Fsp3) is 0.417. The Morgan fingerprint density at radius 3 is 2.62 bits per heavy atom. The molecule has 1 aromatic carbocycles. The van der Waals surface area contributed by atoms with Crippen molar-refractivity contribution in [2.24, 2.45) is 5.92 Å². The zero-order valence-corrected chi connectivity index (χ0v) is 12.0. The van der Waals surface area contributed by atoms with Crippen molar-refractivity contribution in [1.82, 2.24) is 9.55 Å². The summed E-state index contributed by atoms with van der Waals surface area (Å²) in [6.45, 7) is 6.63. The third-order valence-electron chi connectivity index (χ3n) is 3.05. The number of nitrogens with one attached hydrogen (secondary N) is 1. The van der Waals surface area contributed by atoms with Crippen LogP contribution in [0, 0.1) is 10.7 Å². The molecular weight excluding hydrogens is 284 g/mol. The van der Waals surface area contributed by atoms with E-state index >= 15 is 0 Å². The van der Waals surface area contributed by atoms with Gasteiger partial charge in [0.05, 0.1) is 11.0 Å². The molecule has 0 amide bonds. The number of fused-ring (bicyclic) bond motifs is 1. The average Bonchev–Trinajstić information content (AvgIpc) is 2.51. The molecule has 1 atom stereocenters. The molecule has 2 aromatic rings. The maximum Gasteiger partial charge on any atom is 0.178 e. The molecule has 4 heteroatoms. The van der Waals surface area contributed by atoms with E-state index < -0.39 is 0 Å². The Labute approximate surface area is 109 Å². The molecular formula is C12H15BrN2S. The molecule has 0 aliphatic carbocycles. The number of aromatic amines is 1. The van der Waals surface area contributed by atoms with Crippen LogP contribution in [0.1, 0.15) is 26.8 Å². The van der Waals surface area contributed by atoms with E-state index in [9.17, 15) is 0 Å². The summed E-state index contributed by atoms with van der Waals surface area (Å²) in [6, 6.07) is 6.62. The van der Waals surface area contributed by atoms with E-state index in [4.69, 9.17) is 12.2 Å². The summed E-state index contributed by atoms with van der Waals surface area (Å²) in [4.78, 5) is 3.25. The van der Waals surface area contributed by atoms with Gasteiger partial charge in [0, 0.05) is 10.5 Å². The van der Waals surface area contributed by atoms with Gasteiger partial charge in [-0.25, -0.2) is 0 Å². The topological polar surface area (TPSA) is 20.7 Å². The molecule has 1 heterocycles. The van der Waals surface area contributed by atoms with Crippen LogP contribution in [0.4, 0.5) is 0 Å². The molecule has 0 radical (unpaired) electrons. The van der Waals surface area contributed by atoms with Gasteiger partial charge in [-0.3, -0.25) is 0 Å². The van der Waals surface area contributed by atoms with Crippen LogP contribution in [-0.2, 0) is 0 Å². The summed E-state index contributed by atoms with van der Waals surface area (Å²) in [7, 11) is 0. The van der Waals surface area contributed by atoms with Gasteiger partial charge in [-0.05, 0) is 43.3 Å². The molecule has 1 N–H and O–H groups in total. The summed E-state index contributed by atoms with van der Waals surface area (Å²) < 4.78 is 4.07. The Hall–Kier alpha value is -0.610. The van der Waals surface area contributed by atoms with Crippen LogP contribution in [0.3, 0.4) is 0 Å². The summed E-state index contributed by atoms with van der Waals surface area (Å²) in [6.07, 6.45) is 0. The van der Waals surface area contributed by atoms with Crippen molar-refractivity contribution in [3.8, 4) is 0 Å². The number of benzene rings is 1. The Morgan fingerprint density at radius 1 is 1.31 bits per heavy atom. The van der Waals surface area contributed by atoms with Crippen molar-refractivity contribution in [2.45, 2.75) is 26.8 Å². The lowest BCUT2D eigenvalue weighted by Gasteiger charge is -2.18. The first-order valence-electron chi connectivity index (χ1n) is 5.40. The maximum absolute atomic E-state index is 5.38. The first-order valence-corrected chi connectivity index (χ1v) is 6.60. The minimum Gasteiger partial charge on any atom is -0.331 e. The van der Waals surface area contributed by atoms with Crippen LogP contribution >= 0.6 is 28.1 Å². The Bertz CT molecular complexity index is 568. The van der Waals surface area contributed by atoms with Gasteiger partial charge in [-0.2, -0.15) is 0 Å². The normalized spacial score (nSPS) is 13.6. The summed E-state index contributed by atoms with van der Waals surface area (Å²) in [5.41, 5.74) is 2.27. The monoisotopic (exact) mass is 298 g/mol. The summed E-state index contributed by atoms with van der Waals surface area (Å²) >= 11 is 8.85. The molecule has 0 bridgehead atoms. The Morgan fingerprint density at radius 2 is 2.00 bits per heavy atom.